The van der Waals surface area contributed by atoms with E-state index in [1.165, 1.54) is 25.0 Å². The molecule has 1 aliphatic carbocycles. The fourth-order valence-corrected chi connectivity index (χ4v) is 4.13. The summed E-state index contributed by atoms with van der Waals surface area (Å²) in [7, 11) is 0. The fraction of sp³-hybridized carbons (Fsp3) is 0.619. The Morgan fingerprint density at radius 3 is 2.58 bits per heavy atom. The van der Waals surface area contributed by atoms with E-state index in [1.807, 2.05) is 11.8 Å². The molecular formula is C21H29FN2O2. The monoisotopic (exact) mass is 360 g/mol. The van der Waals surface area contributed by atoms with Crippen LogP contribution in [0.3, 0.4) is 0 Å². The second-order valence-electron chi connectivity index (χ2n) is 8.06. The molecule has 1 N–H and O–H groups in total. The van der Waals surface area contributed by atoms with Gasteiger partial charge in [-0.15, -0.1) is 0 Å². The smallest absolute Gasteiger partial charge is 0.227 e. The van der Waals surface area contributed by atoms with Crippen molar-refractivity contribution in [1.29, 1.82) is 0 Å². The molecule has 2 amide bonds. The zero-order valence-electron chi connectivity index (χ0n) is 15.6. The molecule has 1 saturated heterocycles. The zero-order valence-corrected chi connectivity index (χ0v) is 15.6. The van der Waals surface area contributed by atoms with Crippen molar-refractivity contribution in [2.45, 2.75) is 64.3 Å². The van der Waals surface area contributed by atoms with E-state index in [0.29, 0.717) is 32.0 Å². The summed E-state index contributed by atoms with van der Waals surface area (Å²) in [5.74, 6) is -0.0884. The Morgan fingerprint density at radius 1 is 1.19 bits per heavy atom. The van der Waals surface area contributed by atoms with Gasteiger partial charge in [0.05, 0.1) is 5.41 Å². The molecule has 1 aromatic rings. The van der Waals surface area contributed by atoms with E-state index in [4.69, 9.17) is 0 Å². The van der Waals surface area contributed by atoms with Crippen LogP contribution in [0.2, 0.25) is 0 Å². The SMILES string of the molecule is C[C@@]1(C(=O)NC2CCCC2)CCCN(C(=O)CCc2ccc(F)cc2)C1. The summed E-state index contributed by atoms with van der Waals surface area (Å²) in [6.45, 7) is 3.19. The first-order valence-corrected chi connectivity index (χ1v) is 9.79. The number of rotatable bonds is 5. The van der Waals surface area contributed by atoms with Crippen LogP contribution in [-0.4, -0.2) is 35.8 Å². The second-order valence-corrected chi connectivity index (χ2v) is 8.06. The summed E-state index contributed by atoms with van der Waals surface area (Å²) < 4.78 is 13.0. The van der Waals surface area contributed by atoms with Crippen LogP contribution in [0.5, 0.6) is 0 Å². The Bertz CT molecular complexity index is 640. The van der Waals surface area contributed by atoms with Crippen molar-refractivity contribution in [3.63, 3.8) is 0 Å². The minimum atomic E-state index is -0.494. The second kappa shape index (κ2) is 8.19. The van der Waals surface area contributed by atoms with Gasteiger partial charge in [-0.25, -0.2) is 4.39 Å². The van der Waals surface area contributed by atoms with Crippen LogP contribution in [0.15, 0.2) is 24.3 Å². The summed E-state index contributed by atoms with van der Waals surface area (Å²) in [5.41, 5.74) is 0.463. The van der Waals surface area contributed by atoms with E-state index >= 15 is 0 Å². The third-order valence-electron chi connectivity index (χ3n) is 5.83. The summed E-state index contributed by atoms with van der Waals surface area (Å²) in [4.78, 5) is 27.2. The molecule has 0 aromatic heterocycles. The minimum absolute atomic E-state index is 0.0777. The third kappa shape index (κ3) is 4.63. The first-order chi connectivity index (χ1) is 12.5. The molecule has 1 saturated carbocycles. The average Bonchev–Trinajstić information content (AvgIpc) is 3.14. The molecule has 2 aliphatic rings. The lowest BCUT2D eigenvalue weighted by atomic mass is 9.80. The first kappa shape index (κ1) is 18.9. The van der Waals surface area contributed by atoms with Crippen LogP contribution in [-0.2, 0) is 16.0 Å². The highest BCUT2D eigenvalue weighted by molar-refractivity contribution is 5.84. The van der Waals surface area contributed by atoms with Crippen LogP contribution >= 0.6 is 0 Å². The lowest BCUT2D eigenvalue weighted by Crippen LogP contribution is -2.53. The Morgan fingerprint density at radius 2 is 1.88 bits per heavy atom. The molecule has 0 bridgehead atoms. The number of likely N-dealkylation sites (tertiary alicyclic amines) is 1. The van der Waals surface area contributed by atoms with Gasteiger partial charge in [0.2, 0.25) is 11.8 Å². The number of carbonyl (C=O) groups excluding carboxylic acids is 2. The predicted molar refractivity (Wildman–Crippen MR) is 99.0 cm³/mol. The molecule has 3 rings (SSSR count). The number of amides is 2. The maximum Gasteiger partial charge on any atom is 0.227 e. The van der Waals surface area contributed by atoms with Gasteiger partial charge in [-0.3, -0.25) is 9.59 Å². The standard InChI is InChI=1S/C21H29FN2O2/c1-21(20(26)23-18-5-2-3-6-18)13-4-14-24(15-21)19(25)12-9-16-7-10-17(22)11-8-16/h7-8,10-11,18H,2-6,9,12-15H2,1H3,(H,23,26)/t21-/m1/s1. The van der Waals surface area contributed by atoms with Gasteiger partial charge in [0.15, 0.2) is 0 Å². The quantitative estimate of drug-likeness (QED) is 0.874. The van der Waals surface area contributed by atoms with E-state index < -0.39 is 5.41 Å². The predicted octanol–water partition coefficient (Wildman–Crippen LogP) is 3.45. The van der Waals surface area contributed by atoms with E-state index in [-0.39, 0.29) is 17.6 Å². The number of hydrogen-bond donors (Lipinski definition) is 1. The van der Waals surface area contributed by atoms with Crippen molar-refractivity contribution in [2.75, 3.05) is 13.1 Å². The maximum atomic E-state index is 13.0. The number of hydrogen-bond acceptors (Lipinski definition) is 2. The average molecular weight is 360 g/mol. The van der Waals surface area contributed by atoms with Gasteiger partial charge in [-0.2, -0.15) is 0 Å². The molecule has 142 valence electrons. The summed E-state index contributed by atoms with van der Waals surface area (Å²) >= 11 is 0. The van der Waals surface area contributed by atoms with Crippen molar-refractivity contribution < 1.29 is 14.0 Å². The molecule has 4 nitrogen and oxygen atoms in total. The van der Waals surface area contributed by atoms with Crippen molar-refractivity contribution in [1.82, 2.24) is 10.2 Å². The van der Waals surface area contributed by atoms with Gasteiger partial charge < -0.3 is 10.2 Å². The van der Waals surface area contributed by atoms with Crippen molar-refractivity contribution in [2.24, 2.45) is 5.41 Å². The van der Waals surface area contributed by atoms with E-state index in [1.54, 1.807) is 12.1 Å². The van der Waals surface area contributed by atoms with Gasteiger partial charge in [-0.1, -0.05) is 25.0 Å². The van der Waals surface area contributed by atoms with Crippen LogP contribution in [0, 0.1) is 11.2 Å². The van der Waals surface area contributed by atoms with E-state index in [2.05, 4.69) is 5.32 Å². The van der Waals surface area contributed by atoms with Crippen molar-refractivity contribution in [3.05, 3.63) is 35.6 Å². The number of carbonyl (C=O) groups is 2. The molecule has 1 aromatic carbocycles. The van der Waals surface area contributed by atoms with Gasteiger partial charge in [0, 0.05) is 25.6 Å². The molecule has 0 radical (unpaired) electrons. The van der Waals surface area contributed by atoms with Gasteiger partial charge in [0.1, 0.15) is 5.82 Å². The summed E-state index contributed by atoms with van der Waals surface area (Å²) in [5, 5.41) is 3.20. The zero-order chi connectivity index (χ0) is 18.6. The Labute approximate surface area is 155 Å². The Balaban J connectivity index is 1.53. The first-order valence-electron chi connectivity index (χ1n) is 9.79. The molecule has 1 heterocycles. The molecule has 1 atom stereocenters. The highest BCUT2D eigenvalue weighted by atomic mass is 19.1. The summed E-state index contributed by atoms with van der Waals surface area (Å²) in [6, 6.07) is 6.59. The number of nitrogens with zero attached hydrogens (tertiary/aromatic N) is 1. The van der Waals surface area contributed by atoms with Gasteiger partial charge in [-0.05, 0) is 56.7 Å². The van der Waals surface area contributed by atoms with E-state index in [0.717, 1.165) is 31.2 Å². The molecule has 2 fully saturated rings. The molecule has 0 unspecified atom stereocenters. The molecule has 0 spiro atoms. The molecule has 1 aliphatic heterocycles. The molecular weight excluding hydrogens is 331 g/mol. The number of piperidine rings is 1. The highest BCUT2D eigenvalue weighted by Gasteiger charge is 2.40. The molecule has 26 heavy (non-hydrogen) atoms. The number of nitrogens with one attached hydrogen (secondary N) is 1. The summed E-state index contributed by atoms with van der Waals surface area (Å²) in [6.07, 6.45) is 7.20. The van der Waals surface area contributed by atoms with E-state index in [9.17, 15) is 14.0 Å². The van der Waals surface area contributed by atoms with Gasteiger partial charge in [0.25, 0.3) is 0 Å². The number of halogens is 1. The normalized spacial score (nSPS) is 23.8. The van der Waals surface area contributed by atoms with Crippen LogP contribution in [0.1, 0.15) is 57.4 Å². The van der Waals surface area contributed by atoms with Gasteiger partial charge >= 0.3 is 0 Å². The number of benzene rings is 1. The Kier molecular flexibility index (Phi) is 5.94. The minimum Gasteiger partial charge on any atom is -0.353 e. The Hall–Kier alpha value is -1.91. The largest absolute Gasteiger partial charge is 0.353 e. The fourth-order valence-electron chi connectivity index (χ4n) is 4.13. The third-order valence-corrected chi connectivity index (χ3v) is 5.83. The molecule has 5 heteroatoms. The number of aryl methyl sites for hydroxylation is 1. The van der Waals surface area contributed by atoms with Crippen molar-refractivity contribution >= 4 is 11.8 Å². The van der Waals surface area contributed by atoms with Crippen LogP contribution in [0.4, 0.5) is 4.39 Å². The lowest BCUT2D eigenvalue weighted by molar-refractivity contribution is -0.141. The topological polar surface area (TPSA) is 49.4 Å². The lowest BCUT2D eigenvalue weighted by Gasteiger charge is -2.40. The van der Waals surface area contributed by atoms with Crippen LogP contribution < -0.4 is 5.32 Å². The van der Waals surface area contributed by atoms with Crippen LogP contribution in [0.25, 0.3) is 0 Å². The maximum absolute atomic E-state index is 13.0. The highest BCUT2D eigenvalue weighted by Crippen LogP contribution is 2.31. The van der Waals surface area contributed by atoms with Crippen molar-refractivity contribution in [3.8, 4) is 0 Å².